The normalized spacial score (nSPS) is 13.1. The fourth-order valence-electron chi connectivity index (χ4n) is 1.77. The number of likely N-dealkylation sites (N-methyl/N-ethyl adjacent to an activating group) is 1. The third kappa shape index (κ3) is 3.05. The lowest BCUT2D eigenvalue weighted by atomic mass is 10.0. The van der Waals surface area contributed by atoms with Gasteiger partial charge in [-0.05, 0) is 31.1 Å². The van der Waals surface area contributed by atoms with Gasteiger partial charge >= 0.3 is 0 Å². The average Bonchev–Trinajstić information content (AvgIpc) is 2.30. The van der Waals surface area contributed by atoms with Crippen molar-refractivity contribution < 1.29 is 0 Å². The molecule has 0 radical (unpaired) electrons. The van der Waals surface area contributed by atoms with Crippen LogP contribution < -0.4 is 5.73 Å². The highest BCUT2D eigenvalue weighted by atomic mass is 15.1. The first-order valence-electron chi connectivity index (χ1n) is 5.72. The second-order valence-corrected chi connectivity index (χ2v) is 3.92. The van der Waals surface area contributed by atoms with Crippen molar-refractivity contribution in [1.29, 1.82) is 0 Å². The predicted molar refractivity (Wildman–Crippen MR) is 65.9 cm³/mol. The van der Waals surface area contributed by atoms with E-state index in [0.717, 1.165) is 13.0 Å². The van der Waals surface area contributed by atoms with Crippen molar-refractivity contribution in [3.8, 4) is 0 Å². The SMILES string of the molecule is CCc1ccc(C(CN)N(C)CC)cc1. The van der Waals surface area contributed by atoms with E-state index in [2.05, 4.69) is 50.1 Å². The molecule has 1 aromatic carbocycles. The van der Waals surface area contributed by atoms with Crippen molar-refractivity contribution in [3.05, 3.63) is 35.4 Å². The van der Waals surface area contributed by atoms with Gasteiger partial charge in [0.15, 0.2) is 0 Å². The molecule has 0 spiro atoms. The summed E-state index contributed by atoms with van der Waals surface area (Å²) in [5, 5.41) is 0. The summed E-state index contributed by atoms with van der Waals surface area (Å²) in [5.74, 6) is 0. The van der Waals surface area contributed by atoms with E-state index >= 15 is 0 Å². The van der Waals surface area contributed by atoms with E-state index in [0.29, 0.717) is 12.6 Å². The van der Waals surface area contributed by atoms with Gasteiger partial charge in [0.05, 0.1) is 0 Å². The Morgan fingerprint density at radius 2 is 1.80 bits per heavy atom. The van der Waals surface area contributed by atoms with Crippen LogP contribution in [0.4, 0.5) is 0 Å². The first-order chi connectivity index (χ1) is 7.22. The van der Waals surface area contributed by atoms with E-state index in [-0.39, 0.29) is 0 Å². The van der Waals surface area contributed by atoms with Crippen LogP contribution in [-0.2, 0) is 6.42 Å². The highest BCUT2D eigenvalue weighted by molar-refractivity contribution is 5.25. The largest absolute Gasteiger partial charge is 0.329 e. The lowest BCUT2D eigenvalue weighted by molar-refractivity contribution is 0.263. The van der Waals surface area contributed by atoms with E-state index in [4.69, 9.17) is 5.73 Å². The number of nitrogens with two attached hydrogens (primary N) is 1. The summed E-state index contributed by atoms with van der Waals surface area (Å²) in [6, 6.07) is 9.13. The van der Waals surface area contributed by atoms with Crippen molar-refractivity contribution in [2.24, 2.45) is 5.73 Å². The molecule has 0 bridgehead atoms. The molecule has 15 heavy (non-hydrogen) atoms. The third-order valence-electron chi connectivity index (χ3n) is 3.03. The summed E-state index contributed by atoms with van der Waals surface area (Å²) in [6.07, 6.45) is 1.09. The maximum Gasteiger partial charge on any atom is 0.0467 e. The Bertz CT molecular complexity index is 279. The first-order valence-corrected chi connectivity index (χ1v) is 5.72. The molecule has 2 heteroatoms. The van der Waals surface area contributed by atoms with E-state index in [1.54, 1.807) is 0 Å². The molecule has 0 heterocycles. The third-order valence-corrected chi connectivity index (χ3v) is 3.03. The van der Waals surface area contributed by atoms with Gasteiger partial charge in [-0.3, -0.25) is 4.90 Å². The standard InChI is InChI=1S/C13H22N2/c1-4-11-6-8-12(9-7-11)13(10-14)15(3)5-2/h6-9,13H,4-5,10,14H2,1-3H3. The molecule has 0 amide bonds. The summed E-state index contributed by atoms with van der Waals surface area (Å²) in [5.41, 5.74) is 8.51. The van der Waals surface area contributed by atoms with Crippen molar-refractivity contribution >= 4 is 0 Å². The summed E-state index contributed by atoms with van der Waals surface area (Å²) >= 11 is 0. The molecule has 0 saturated carbocycles. The van der Waals surface area contributed by atoms with Gasteiger partial charge < -0.3 is 5.73 Å². The molecule has 0 aromatic heterocycles. The molecule has 0 aliphatic rings. The molecule has 0 fully saturated rings. The fraction of sp³-hybridized carbons (Fsp3) is 0.538. The molecular formula is C13H22N2. The number of hydrogen-bond donors (Lipinski definition) is 1. The van der Waals surface area contributed by atoms with Crippen molar-refractivity contribution in [3.63, 3.8) is 0 Å². The number of benzene rings is 1. The zero-order chi connectivity index (χ0) is 11.3. The van der Waals surface area contributed by atoms with Gasteiger partial charge in [0, 0.05) is 12.6 Å². The van der Waals surface area contributed by atoms with Gasteiger partial charge in [-0.25, -0.2) is 0 Å². The summed E-state index contributed by atoms with van der Waals surface area (Å²) in [4.78, 5) is 2.28. The Morgan fingerprint density at radius 3 is 2.20 bits per heavy atom. The van der Waals surface area contributed by atoms with E-state index in [1.807, 2.05) is 0 Å². The zero-order valence-corrected chi connectivity index (χ0v) is 10.0. The van der Waals surface area contributed by atoms with Crippen LogP contribution in [0.3, 0.4) is 0 Å². The van der Waals surface area contributed by atoms with Crippen LogP contribution in [0.25, 0.3) is 0 Å². The minimum Gasteiger partial charge on any atom is -0.329 e. The molecule has 0 saturated heterocycles. The predicted octanol–water partition coefficient (Wildman–Crippen LogP) is 2.20. The molecular weight excluding hydrogens is 184 g/mol. The number of hydrogen-bond acceptors (Lipinski definition) is 2. The highest BCUT2D eigenvalue weighted by Gasteiger charge is 2.13. The Balaban J connectivity index is 2.83. The van der Waals surface area contributed by atoms with Crippen LogP contribution in [0.15, 0.2) is 24.3 Å². The van der Waals surface area contributed by atoms with E-state index < -0.39 is 0 Å². The van der Waals surface area contributed by atoms with Gasteiger partial charge in [-0.15, -0.1) is 0 Å². The second-order valence-electron chi connectivity index (χ2n) is 3.92. The smallest absolute Gasteiger partial charge is 0.0467 e. The monoisotopic (exact) mass is 206 g/mol. The molecule has 84 valence electrons. The van der Waals surface area contributed by atoms with Crippen molar-refractivity contribution in [2.75, 3.05) is 20.1 Å². The van der Waals surface area contributed by atoms with Gasteiger partial charge in [0.25, 0.3) is 0 Å². The summed E-state index contributed by atoms with van der Waals surface area (Å²) in [6.45, 7) is 6.03. The number of rotatable bonds is 5. The highest BCUT2D eigenvalue weighted by Crippen LogP contribution is 2.18. The Labute approximate surface area is 93.1 Å². The molecule has 0 aliphatic heterocycles. The number of aryl methyl sites for hydroxylation is 1. The van der Waals surface area contributed by atoms with E-state index in [9.17, 15) is 0 Å². The van der Waals surface area contributed by atoms with Crippen molar-refractivity contribution in [1.82, 2.24) is 4.90 Å². The minimum absolute atomic E-state index is 0.348. The van der Waals surface area contributed by atoms with Gasteiger partial charge in [0.1, 0.15) is 0 Å². The molecule has 1 rings (SSSR count). The quantitative estimate of drug-likeness (QED) is 0.800. The van der Waals surface area contributed by atoms with Crippen LogP contribution in [0, 0.1) is 0 Å². The molecule has 1 unspecified atom stereocenters. The Morgan fingerprint density at radius 1 is 1.20 bits per heavy atom. The summed E-state index contributed by atoms with van der Waals surface area (Å²) in [7, 11) is 2.12. The minimum atomic E-state index is 0.348. The van der Waals surface area contributed by atoms with E-state index in [1.165, 1.54) is 11.1 Å². The average molecular weight is 206 g/mol. The van der Waals surface area contributed by atoms with Crippen LogP contribution in [-0.4, -0.2) is 25.0 Å². The van der Waals surface area contributed by atoms with Crippen molar-refractivity contribution in [2.45, 2.75) is 26.3 Å². The second kappa shape index (κ2) is 5.89. The zero-order valence-electron chi connectivity index (χ0n) is 10.0. The fourth-order valence-corrected chi connectivity index (χ4v) is 1.77. The van der Waals surface area contributed by atoms with Gasteiger partial charge in [-0.1, -0.05) is 38.1 Å². The molecule has 0 aliphatic carbocycles. The van der Waals surface area contributed by atoms with Crippen LogP contribution in [0.1, 0.15) is 31.0 Å². The van der Waals surface area contributed by atoms with Gasteiger partial charge in [0.2, 0.25) is 0 Å². The molecule has 1 atom stereocenters. The maximum absolute atomic E-state index is 5.81. The lowest BCUT2D eigenvalue weighted by Gasteiger charge is -2.26. The topological polar surface area (TPSA) is 29.3 Å². The van der Waals surface area contributed by atoms with Gasteiger partial charge in [-0.2, -0.15) is 0 Å². The summed E-state index contributed by atoms with van der Waals surface area (Å²) < 4.78 is 0. The van der Waals surface area contributed by atoms with Crippen LogP contribution in [0.5, 0.6) is 0 Å². The van der Waals surface area contributed by atoms with Crippen LogP contribution in [0.2, 0.25) is 0 Å². The molecule has 2 nitrogen and oxygen atoms in total. The van der Waals surface area contributed by atoms with Crippen LogP contribution >= 0.6 is 0 Å². The Kier molecular flexibility index (Phi) is 4.79. The number of nitrogens with zero attached hydrogens (tertiary/aromatic N) is 1. The first kappa shape index (κ1) is 12.2. The molecule has 2 N–H and O–H groups in total. The lowest BCUT2D eigenvalue weighted by Crippen LogP contribution is -2.30. The molecule has 1 aromatic rings. The Hall–Kier alpha value is -0.860. The maximum atomic E-state index is 5.81.